The Balaban J connectivity index is 1.20. The molecule has 48 heavy (non-hydrogen) atoms. The number of sulfonamides is 1. The maximum absolute atomic E-state index is 13.7. The number of carbonyl (C=O) groups excluding carboxylic acids is 1. The van der Waals surface area contributed by atoms with Gasteiger partial charge in [0.05, 0.1) is 36.4 Å². The number of halogens is 1. The number of hydrogen-bond acceptors (Lipinski definition) is 8. The topological polar surface area (TPSA) is 115 Å². The molecule has 1 aromatic heterocycles. The molecule has 2 aliphatic rings. The van der Waals surface area contributed by atoms with Crippen molar-refractivity contribution in [2.45, 2.75) is 69.7 Å². The Morgan fingerprint density at radius 2 is 1.96 bits per heavy atom. The van der Waals surface area contributed by atoms with Crippen LogP contribution in [0, 0.1) is 19.4 Å². The number of amides is 1. The number of benzene rings is 2. The normalized spacial score (nSPS) is 19.5. The van der Waals surface area contributed by atoms with Crippen LogP contribution in [0.2, 0.25) is 5.02 Å². The van der Waals surface area contributed by atoms with Crippen molar-refractivity contribution in [2.75, 3.05) is 33.8 Å². The monoisotopic (exact) mass is 695 g/mol. The van der Waals surface area contributed by atoms with Crippen LogP contribution in [-0.2, 0) is 27.7 Å². The van der Waals surface area contributed by atoms with Gasteiger partial charge in [-0.15, -0.1) is 0 Å². The van der Waals surface area contributed by atoms with Crippen molar-refractivity contribution in [2.24, 2.45) is 5.92 Å². The fraction of sp³-hybridized carbons (Fsp3) is 0.457. The third-order valence-corrected chi connectivity index (χ3v) is 10.5. The Labute approximate surface area is 288 Å². The summed E-state index contributed by atoms with van der Waals surface area (Å²) in [7, 11) is 0.209. The van der Waals surface area contributed by atoms with E-state index in [1.165, 1.54) is 4.31 Å². The van der Waals surface area contributed by atoms with Gasteiger partial charge in [-0.1, -0.05) is 11.6 Å². The summed E-state index contributed by atoms with van der Waals surface area (Å²) in [5.74, 6) is 1.18. The zero-order chi connectivity index (χ0) is 34.8. The van der Waals surface area contributed by atoms with Crippen LogP contribution in [0.25, 0.3) is 4.85 Å². The number of aryl methyl sites for hydroxylation is 1. The quantitative estimate of drug-likeness (QED) is 0.245. The largest absolute Gasteiger partial charge is 0.493 e. The highest BCUT2D eigenvalue weighted by Gasteiger charge is 2.38. The van der Waals surface area contributed by atoms with Crippen LogP contribution < -0.4 is 14.8 Å². The second-order valence-electron chi connectivity index (χ2n) is 13.5. The van der Waals surface area contributed by atoms with Crippen molar-refractivity contribution in [3.05, 3.63) is 87.5 Å². The Morgan fingerprint density at radius 1 is 1.19 bits per heavy atom. The van der Waals surface area contributed by atoms with Gasteiger partial charge in [-0.3, -0.25) is 4.98 Å². The minimum atomic E-state index is -3.74. The summed E-state index contributed by atoms with van der Waals surface area (Å²) in [5, 5.41) is 3.17. The summed E-state index contributed by atoms with van der Waals surface area (Å²) in [5.41, 5.74) is 3.06. The van der Waals surface area contributed by atoms with Gasteiger partial charge < -0.3 is 24.4 Å². The average Bonchev–Trinajstić information content (AvgIpc) is 3.65. The van der Waals surface area contributed by atoms with E-state index in [0.29, 0.717) is 66.0 Å². The number of hydrogen-bond donors (Lipinski definition) is 1. The van der Waals surface area contributed by atoms with Crippen LogP contribution in [-0.4, -0.2) is 74.1 Å². The fourth-order valence-electron chi connectivity index (χ4n) is 6.02. The number of fused-ring (bicyclic) bond motifs is 1. The molecule has 5 rings (SSSR count). The van der Waals surface area contributed by atoms with E-state index in [0.717, 1.165) is 11.1 Å². The molecule has 3 aromatic rings. The lowest BCUT2D eigenvalue weighted by atomic mass is 10.1. The van der Waals surface area contributed by atoms with Crippen LogP contribution in [0.1, 0.15) is 55.7 Å². The van der Waals surface area contributed by atoms with Crippen LogP contribution in [0.4, 0.5) is 10.5 Å². The zero-order valence-electron chi connectivity index (χ0n) is 28.1. The van der Waals surface area contributed by atoms with Crippen molar-refractivity contribution < 1.29 is 27.4 Å². The second-order valence-corrected chi connectivity index (χ2v) is 15.8. The molecule has 0 spiro atoms. The van der Waals surface area contributed by atoms with Gasteiger partial charge in [0.15, 0.2) is 5.69 Å². The molecule has 1 N–H and O–H groups in total. The maximum atomic E-state index is 13.7. The van der Waals surface area contributed by atoms with Crippen molar-refractivity contribution in [1.29, 1.82) is 0 Å². The molecule has 3 atom stereocenters. The highest BCUT2D eigenvalue weighted by molar-refractivity contribution is 7.89. The minimum absolute atomic E-state index is 0.0116. The summed E-state index contributed by atoms with van der Waals surface area (Å²) in [6.07, 6.45) is 2.03. The third-order valence-electron chi connectivity index (χ3n) is 8.45. The number of rotatable bonds is 10. The number of pyridine rings is 1. The predicted molar refractivity (Wildman–Crippen MR) is 183 cm³/mol. The first-order chi connectivity index (χ1) is 22.6. The van der Waals surface area contributed by atoms with Crippen LogP contribution in [0.15, 0.2) is 53.6 Å². The smallest absolute Gasteiger partial charge is 0.407 e. The van der Waals surface area contributed by atoms with Crippen molar-refractivity contribution in [1.82, 2.24) is 19.5 Å². The fourth-order valence-corrected chi connectivity index (χ4v) is 7.86. The van der Waals surface area contributed by atoms with Crippen LogP contribution in [0.3, 0.4) is 0 Å². The molecule has 11 nitrogen and oxygen atoms in total. The number of nitrogens with one attached hydrogen (secondary N) is 1. The first kappa shape index (κ1) is 35.4. The number of nitrogens with zero attached hydrogens (tertiary/aromatic N) is 4. The predicted octanol–water partition coefficient (Wildman–Crippen LogP) is 6.31. The van der Waals surface area contributed by atoms with E-state index >= 15 is 0 Å². The molecule has 0 saturated carbocycles. The van der Waals surface area contributed by atoms with Crippen molar-refractivity contribution in [3.8, 4) is 11.5 Å². The minimum Gasteiger partial charge on any atom is -0.493 e. The summed E-state index contributed by atoms with van der Waals surface area (Å²) < 4.78 is 46.7. The Hall–Kier alpha value is -3.89. The van der Waals surface area contributed by atoms with Gasteiger partial charge in [0.1, 0.15) is 23.2 Å². The summed E-state index contributed by atoms with van der Waals surface area (Å²) in [6, 6.07) is 12.0. The number of aromatic nitrogens is 1. The second kappa shape index (κ2) is 14.3. The molecule has 1 saturated heterocycles. The molecule has 256 valence electrons. The molecular weight excluding hydrogens is 654 g/mol. The van der Waals surface area contributed by atoms with E-state index in [-0.39, 0.29) is 29.5 Å². The van der Waals surface area contributed by atoms with Gasteiger partial charge in [0.2, 0.25) is 10.0 Å². The molecule has 13 heteroatoms. The lowest BCUT2D eigenvalue weighted by Gasteiger charge is -2.28. The third kappa shape index (κ3) is 8.21. The Morgan fingerprint density at radius 3 is 2.65 bits per heavy atom. The molecule has 1 aliphatic heterocycles. The van der Waals surface area contributed by atoms with Gasteiger partial charge in [-0.05, 0) is 108 Å². The number of alkyl carbamates (subject to hydrolysis) is 1. The Kier molecular flexibility index (Phi) is 10.6. The first-order valence-electron chi connectivity index (χ1n) is 15.8. The molecule has 0 unspecified atom stereocenters. The molecule has 0 radical (unpaired) electrons. The molecule has 1 amide bonds. The average molecular weight is 696 g/mol. The lowest BCUT2D eigenvalue weighted by molar-refractivity contribution is 0.0522. The van der Waals surface area contributed by atoms with E-state index < -0.39 is 21.7 Å². The summed E-state index contributed by atoms with van der Waals surface area (Å²) >= 11 is 6.36. The number of ether oxygens (including phenoxy) is 3. The lowest BCUT2D eigenvalue weighted by Crippen LogP contribution is -2.34. The van der Waals surface area contributed by atoms with Crippen molar-refractivity contribution in [3.63, 3.8) is 0 Å². The molecular formula is C35H42ClN5O6S. The van der Waals surface area contributed by atoms with Crippen LogP contribution >= 0.6 is 11.6 Å². The van der Waals surface area contributed by atoms with Gasteiger partial charge in [-0.25, -0.2) is 18.1 Å². The van der Waals surface area contributed by atoms with Gasteiger partial charge in [0.25, 0.3) is 0 Å². The molecule has 2 aromatic carbocycles. The standard InChI is InChI=1S/C35H42ClN5O6S/c1-22-14-27(8-9-32(22)46-33-29-15-24(36)16-30(37-5)28(29)18-31(33)40(6)7)48(43,44)41-13-11-23(20-41)21-45-26-10-12-38-25(17-26)19-39-34(42)47-35(2,3)4/h8-10,12,14-17,23,31,33H,11,13,18-21H2,1-4,6-7H3,(H,39,42)/t23-,31-,33-/m0/s1. The summed E-state index contributed by atoms with van der Waals surface area (Å²) in [4.78, 5) is 22.2. The first-order valence-corrected chi connectivity index (χ1v) is 17.6. The van der Waals surface area contributed by atoms with Crippen molar-refractivity contribution >= 4 is 33.4 Å². The highest BCUT2D eigenvalue weighted by Crippen LogP contribution is 2.44. The van der Waals surface area contributed by atoms with E-state index in [4.69, 9.17) is 32.4 Å². The van der Waals surface area contributed by atoms with E-state index in [1.807, 2.05) is 27.1 Å². The maximum Gasteiger partial charge on any atom is 0.407 e. The van der Waals surface area contributed by atoms with E-state index in [1.54, 1.807) is 63.4 Å². The number of carbonyl (C=O) groups is 1. The van der Waals surface area contributed by atoms with Crippen LogP contribution in [0.5, 0.6) is 11.5 Å². The molecule has 1 aliphatic carbocycles. The molecule has 0 bridgehead atoms. The van der Waals surface area contributed by atoms with E-state index in [2.05, 4.69) is 20.0 Å². The highest BCUT2D eigenvalue weighted by atomic mass is 35.5. The number of likely N-dealkylation sites (N-methyl/N-ethyl adjacent to an activating group) is 1. The zero-order valence-corrected chi connectivity index (χ0v) is 29.7. The Bertz CT molecular complexity index is 1820. The van der Waals surface area contributed by atoms with Gasteiger partial charge in [0, 0.05) is 36.3 Å². The van der Waals surface area contributed by atoms with E-state index in [9.17, 15) is 13.2 Å². The van der Waals surface area contributed by atoms with Gasteiger partial charge in [-0.2, -0.15) is 4.31 Å². The summed E-state index contributed by atoms with van der Waals surface area (Å²) in [6.45, 7) is 16.1. The molecule has 2 heterocycles. The van der Waals surface area contributed by atoms with Gasteiger partial charge >= 0.3 is 6.09 Å². The SMILES string of the molecule is [C-]#[N+]c1cc(Cl)cc2c1C[C@H](N(C)C)[C@H]2Oc1ccc(S(=O)(=O)N2CC[C@H](COc3ccnc(CNC(=O)OC(C)(C)C)c3)C2)cc1C. The molecule has 1 fully saturated rings.